The Morgan fingerprint density at radius 3 is 2.31 bits per heavy atom. The number of hydrogen-bond donors (Lipinski definition) is 1. The summed E-state index contributed by atoms with van der Waals surface area (Å²) in [5.74, 6) is -2.96. The summed E-state index contributed by atoms with van der Waals surface area (Å²) >= 11 is 12.2. The molecule has 3 aromatic rings. The number of halogens is 4. The third-order valence-electron chi connectivity index (χ3n) is 4.36. The topological polar surface area (TPSA) is 55.1 Å². The van der Waals surface area contributed by atoms with E-state index in [9.17, 15) is 8.78 Å². The van der Waals surface area contributed by atoms with E-state index in [1.807, 2.05) is 12.1 Å². The highest BCUT2D eigenvalue weighted by Gasteiger charge is 2.31. The molecule has 0 aliphatic heterocycles. The highest BCUT2D eigenvalue weighted by molar-refractivity contribution is 6.42. The Morgan fingerprint density at radius 1 is 1.12 bits per heavy atom. The van der Waals surface area contributed by atoms with Crippen molar-refractivity contribution in [2.45, 2.75) is 38.7 Å². The van der Waals surface area contributed by atoms with Gasteiger partial charge in [-0.1, -0.05) is 23.2 Å². The molecule has 0 saturated heterocycles. The molecule has 5 nitrogen and oxygen atoms in total. The molecule has 136 valence electrons. The van der Waals surface area contributed by atoms with Crippen molar-refractivity contribution in [3.63, 3.8) is 0 Å². The second-order valence-corrected chi connectivity index (χ2v) is 7.42. The van der Waals surface area contributed by atoms with Crippen molar-refractivity contribution >= 4 is 34.8 Å². The minimum absolute atomic E-state index is 0.0688. The number of fused-ring (bicyclic) bond motifs is 2. The second-order valence-electron chi connectivity index (χ2n) is 6.60. The number of nitrogens with zero attached hydrogens (tertiary/aromatic N) is 4. The molecular formula is C17H15Cl2F2N5. The molecule has 0 radical (unpaired) electrons. The van der Waals surface area contributed by atoms with E-state index in [1.54, 1.807) is 13.0 Å². The molecule has 26 heavy (non-hydrogen) atoms. The molecule has 1 N–H and O–H groups in total. The lowest BCUT2D eigenvalue weighted by molar-refractivity contribution is 0.00800. The van der Waals surface area contributed by atoms with Crippen LogP contribution in [0.1, 0.15) is 29.6 Å². The van der Waals surface area contributed by atoms with Crippen LogP contribution in [0.5, 0.6) is 0 Å². The smallest absolute Gasteiger partial charge is 0.305 e. The highest BCUT2D eigenvalue weighted by atomic mass is 35.5. The van der Waals surface area contributed by atoms with E-state index in [1.165, 1.54) is 4.52 Å². The maximum atomic E-state index is 13.6. The van der Waals surface area contributed by atoms with Crippen LogP contribution in [0.25, 0.3) is 5.78 Å². The van der Waals surface area contributed by atoms with E-state index in [-0.39, 0.29) is 11.8 Å². The van der Waals surface area contributed by atoms with Crippen molar-refractivity contribution in [3.05, 3.63) is 50.9 Å². The fourth-order valence-corrected chi connectivity index (χ4v) is 3.57. The Bertz CT molecular complexity index is 982. The standard InChI is InChI=1S/C17H15Cl2F2N5/c1-8-3-14(26-16(22-8)24-15(25-26)17(2,20)21)23-11-4-9-6-12(18)13(19)7-10(9)5-11/h3,6-7,11,23H,4-5H2,1-2H3. The van der Waals surface area contributed by atoms with E-state index < -0.39 is 11.7 Å². The van der Waals surface area contributed by atoms with Crippen LogP contribution in [0, 0.1) is 6.92 Å². The molecule has 0 spiro atoms. The molecule has 2 heterocycles. The zero-order valence-electron chi connectivity index (χ0n) is 14.0. The van der Waals surface area contributed by atoms with Crippen LogP contribution in [0.3, 0.4) is 0 Å². The van der Waals surface area contributed by atoms with Crippen molar-refractivity contribution < 1.29 is 8.78 Å². The van der Waals surface area contributed by atoms with Gasteiger partial charge in [-0.2, -0.15) is 18.3 Å². The molecule has 1 aromatic carbocycles. The Labute approximate surface area is 158 Å². The first-order chi connectivity index (χ1) is 12.2. The summed E-state index contributed by atoms with van der Waals surface area (Å²) in [5, 5.41) is 8.35. The molecule has 1 aliphatic carbocycles. The predicted molar refractivity (Wildman–Crippen MR) is 96.4 cm³/mol. The zero-order valence-corrected chi connectivity index (χ0v) is 15.5. The Kier molecular flexibility index (Phi) is 4.04. The van der Waals surface area contributed by atoms with Crippen LogP contribution in [0.4, 0.5) is 14.6 Å². The number of alkyl halides is 2. The molecule has 4 rings (SSSR count). The summed E-state index contributed by atoms with van der Waals surface area (Å²) in [5.41, 5.74) is 2.91. The van der Waals surface area contributed by atoms with Crippen LogP contribution in [-0.4, -0.2) is 25.6 Å². The molecule has 0 unspecified atom stereocenters. The van der Waals surface area contributed by atoms with Gasteiger partial charge in [-0.05, 0) is 43.0 Å². The average Bonchev–Trinajstić information content (AvgIpc) is 3.11. The number of anilines is 1. The number of rotatable bonds is 3. The highest BCUT2D eigenvalue weighted by Crippen LogP contribution is 2.32. The molecule has 0 amide bonds. The molecule has 1 aliphatic rings. The summed E-state index contributed by atoms with van der Waals surface area (Å²) in [7, 11) is 0. The summed E-state index contributed by atoms with van der Waals surface area (Å²) < 4.78 is 28.5. The SMILES string of the molecule is Cc1cc(NC2Cc3cc(Cl)c(Cl)cc3C2)n2nc(C(C)(F)F)nc2n1. The molecule has 2 aromatic heterocycles. The quantitative estimate of drug-likeness (QED) is 0.709. The van der Waals surface area contributed by atoms with Gasteiger partial charge in [0, 0.05) is 24.7 Å². The molecule has 9 heteroatoms. The van der Waals surface area contributed by atoms with E-state index in [2.05, 4.69) is 20.4 Å². The van der Waals surface area contributed by atoms with Gasteiger partial charge in [0.25, 0.3) is 5.78 Å². The van der Waals surface area contributed by atoms with Gasteiger partial charge in [-0.3, -0.25) is 0 Å². The number of aromatic nitrogens is 4. The van der Waals surface area contributed by atoms with Gasteiger partial charge in [0.1, 0.15) is 5.82 Å². The van der Waals surface area contributed by atoms with E-state index in [0.717, 1.165) is 30.9 Å². The van der Waals surface area contributed by atoms with Gasteiger partial charge in [-0.15, -0.1) is 5.10 Å². The normalized spacial score (nSPS) is 14.8. The molecule has 0 bridgehead atoms. The van der Waals surface area contributed by atoms with Gasteiger partial charge in [-0.25, -0.2) is 4.98 Å². The maximum Gasteiger partial charge on any atom is 0.305 e. The van der Waals surface area contributed by atoms with Crippen LogP contribution < -0.4 is 5.32 Å². The summed E-state index contributed by atoms with van der Waals surface area (Å²) in [4.78, 5) is 8.05. The molecule has 0 saturated carbocycles. The lowest BCUT2D eigenvalue weighted by Crippen LogP contribution is -2.22. The third-order valence-corrected chi connectivity index (χ3v) is 5.08. The van der Waals surface area contributed by atoms with Crippen molar-refractivity contribution in [3.8, 4) is 0 Å². The molecule has 0 atom stereocenters. The van der Waals surface area contributed by atoms with Gasteiger partial charge in [0.15, 0.2) is 0 Å². The van der Waals surface area contributed by atoms with E-state index in [4.69, 9.17) is 23.2 Å². The first-order valence-electron chi connectivity index (χ1n) is 8.07. The largest absolute Gasteiger partial charge is 0.366 e. The third kappa shape index (κ3) is 3.10. The van der Waals surface area contributed by atoms with Crippen molar-refractivity contribution in [1.82, 2.24) is 19.6 Å². The fraction of sp³-hybridized carbons (Fsp3) is 0.353. The van der Waals surface area contributed by atoms with Crippen molar-refractivity contribution in [1.29, 1.82) is 0 Å². The fourth-order valence-electron chi connectivity index (χ4n) is 3.20. The summed E-state index contributed by atoms with van der Waals surface area (Å²) in [6.07, 6.45) is 1.50. The van der Waals surface area contributed by atoms with E-state index >= 15 is 0 Å². The Balaban J connectivity index is 1.66. The Hall–Kier alpha value is -1.99. The maximum absolute atomic E-state index is 13.6. The molecule has 0 fully saturated rings. The molecular weight excluding hydrogens is 383 g/mol. The van der Waals surface area contributed by atoms with Gasteiger partial charge in [0.2, 0.25) is 5.82 Å². The number of benzene rings is 1. The van der Waals surface area contributed by atoms with Gasteiger partial charge < -0.3 is 5.32 Å². The zero-order chi connectivity index (χ0) is 18.6. The minimum atomic E-state index is -3.13. The van der Waals surface area contributed by atoms with Crippen LogP contribution in [0.2, 0.25) is 10.0 Å². The van der Waals surface area contributed by atoms with Gasteiger partial charge >= 0.3 is 5.92 Å². The second kappa shape index (κ2) is 6.03. The lowest BCUT2D eigenvalue weighted by atomic mass is 10.1. The number of aryl methyl sites for hydroxylation is 1. The predicted octanol–water partition coefficient (Wildman–Crippen LogP) is 4.43. The van der Waals surface area contributed by atoms with E-state index in [0.29, 0.717) is 21.6 Å². The average molecular weight is 398 g/mol. The first kappa shape index (κ1) is 17.4. The lowest BCUT2D eigenvalue weighted by Gasteiger charge is -2.14. The monoisotopic (exact) mass is 397 g/mol. The van der Waals surface area contributed by atoms with Gasteiger partial charge in [0.05, 0.1) is 10.0 Å². The number of hydrogen-bond acceptors (Lipinski definition) is 4. The van der Waals surface area contributed by atoms with Crippen LogP contribution in [-0.2, 0) is 18.8 Å². The summed E-state index contributed by atoms with van der Waals surface area (Å²) in [6, 6.07) is 5.58. The number of nitrogens with one attached hydrogen (secondary N) is 1. The minimum Gasteiger partial charge on any atom is -0.366 e. The van der Waals surface area contributed by atoms with Crippen LogP contribution >= 0.6 is 23.2 Å². The van der Waals surface area contributed by atoms with Crippen molar-refractivity contribution in [2.75, 3.05) is 5.32 Å². The van der Waals surface area contributed by atoms with Crippen LogP contribution in [0.15, 0.2) is 18.2 Å². The summed E-state index contributed by atoms with van der Waals surface area (Å²) in [6.45, 7) is 2.55. The van der Waals surface area contributed by atoms with Crippen molar-refractivity contribution in [2.24, 2.45) is 0 Å². The first-order valence-corrected chi connectivity index (χ1v) is 8.82. The Morgan fingerprint density at radius 2 is 1.73 bits per heavy atom.